The van der Waals surface area contributed by atoms with E-state index in [1.54, 1.807) is 18.2 Å². The first-order valence-corrected chi connectivity index (χ1v) is 6.47. The highest BCUT2D eigenvalue weighted by atomic mass is 32.2. The summed E-state index contributed by atoms with van der Waals surface area (Å²) in [5, 5.41) is 5.08. The van der Waals surface area contributed by atoms with Crippen molar-refractivity contribution >= 4 is 10.0 Å². The molecule has 4 heteroatoms. The average Bonchev–Trinajstić information content (AvgIpc) is 2.06. The van der Waals surface area contributed by atoms with E-state index in [1.807, 2.05) is 6.92 Å². The lowest BCUT2D eigenvalue weighted by atomic mass is 9.99. The number of hydrogen-bond acceptors (Lipinski definition) is 2. The van der Waals surface area contributed by atoms with Crippen LogP contribution >= 0.6 is 0 Å². The van der Waals surface area contributed by atoms with Crippen molar-refractivity contribution in [3.63, 3.8) is 0 Å². The number of benzene rings is 1. The molecule has 1 aromatic carbocycles. The van der Waals surface area contributed by atoms with Gasteiger partial charge in [0.15, 0.2) is 0 Å². The fourth-order valence-corrected chi connectivity index (χ4v) is 2.05. The molecule has 84 valence electrons. The fraction of sp³-hybridized carbons (Fsp3) is 0.455. The largest absolute Gasteiger partial charge is 0.238 e. The van der Waals surface area contributed by atoms with Gasteiger partial charge >= 0.3 is 0 Å². The van der Waals surface area contributed by atoms with Crippen LogP contribution in [-0.4, -0.2) is 8.42 Å². The average molecular weight is 227 g/mol. The molecule has 0 fully saturated rings. The zero-order chi connectivity index (χ0) is 11.6. The van der Waals surface area contributed by atoms with Crippen LogP contribution < -0.4 is 5.14 Å². The Labute approximate surface area is 91.4 Å². The van der Waals surface area contributed by atoms with Crippen molar-refractivity contribution in [3.8, 4) is 0 Å². The van der Waals surface area contributed by atoms with Gasteiger partial charge in [-0.15, -0.1) is 0 Å². The molecule has 15 heavy (non-hydrogen) atoms. The van der Waals surface area contributed by atoms with Gasteiger partial charge in [-0.25, -0.2) is 13.6 Å². The second-order valence-electron chi connectivity index (χ2n) is 4.23. The van der Waals surface area contributed by atoms with Crippen LogP contribution in [0.5, 0.6) is 0 Å². The summed E-state index contributed by atoms with van der Waals surface area (Å²) >= 11 is 0. The molecule has 0 atom stereocenters. The Bertz CT molecular complexity index is 450. The lowest BCUT2D eigenvalue weighted by Gasteiger charge is -2.10. The number of rotatable bonds is 3. The summed E-state index contributed by atoms with van der Waals surface area (Å²) < 4.78 is 22.3. The van der Waals surface area contributed by atoms with Gasteiger partial charge in [0.2, 0.25) is 10.0 Å². The van der Waals surface area contributed by atoms with Crippen LogP contribution in [0.3, 0.4) is 0 Å². The topological polar surface area (TPSA) is 60.2 Å². The molecule has 3 nitrogen and oxygen atoms in total. The van der Waals surface area contributed by atoms with E-state index in [1.165, 1.54) is 0 Å². The van der Waals surface area contributed by atoms with Gasteiger partial charge in [-0.1, -0.05) is 19.9 Å². The van der Waals surface area contributed by atoms with Crippen LogP contribution in [0.25, 0.3) is 0 Å². The minimum Gasteiger partial charge on any atom is -0.225 e. The normalized spacial score (nSPS) is 12.1. The fourth-order valence-electron chi connectivity index (χ4n) is 1.48. The molecule has 0 radical (unpaired) electrons. The van der Waals surface area contributed by atoms with Gasteiger partial charge in [0.05, 0.1) is 4.90 Å². The molecule has 0 amide bonds. The monoisotopic (exact) mass is 227 g/mol. The summed E-state index contributed by atoms with van der Waals surface area (Å²) in [7, 11) is -3.58. The summed E-state index contributed by atoms with van der Waals surface area (Å²) in [4.78, 5) is 0.198. The maximum atomic E-state index is 11.2. The maximum absolute atomic E-state index is 11.2. The van der Waals surface area contributed by atoms with Crippen LogP contribution in [0.15, 0.2) is 23.1 Å². The smallest absolute Gasteiger partial charge is 0.225 e. The van der Waals surface area contributed by atoms with Gasteiger partial charge in [-0.2, -0.15) is 0 Å². The van der Waals surface area contributed by atoms with Crippen LogP contribution in [-0.2, 0) is 16.4 Å². The van der Waals surface area contributed by atoms with Gasteiger partial charge in [0, 0.05) is 0 Å². The Morgan fingerprint density at radius 1 is 1.33 bits per heavy atom. The summed E-state index contributed by atoms with van der Waals surface area (Å²) in [6.07, 6.45) is 0.870. The number of primary sulfonamides is 1. The predicted octanol–water partition coefficient (Wildman–Crippen LogP) is 1.84. The van der Waals surface area contributed by atoms with Crippen molar-refractivity contribution in [2.75, 3.05) is 0 Å². The Kier molecular flexibility index (Phi) is 3.52. The molecule has 1 rings (SSSR count). The highest BCUT2D eigenvalue weighted by Gasteiger charge is 2.10. The van der Waals surface area contributed by atoms with E-state index in [2.05, 4.69) is 13.8 Å². The Balaban J connectivity index is 3.17. The first kappa shape index (κ1) is 12.2. The maximum Gasteiger partial charge on any atom is 0.238 e. The van der Waals surface area contributed by atoms with Crippen LogP contribution in [0, 0.1) is 12.8 Å². The minimum absolute atomic E-state index is 0.198. The Morgan fingerprint density at radius 3 is 2.40 bits per heavy atom. The Hall–Kier alpha value is -0.870. The number of hydrogen-bond donors (Lipinski definition) is 1. The molecule has 0 saturated heterocycles. The SMILES string of the molecule is Cc1ccc(S(N)(=O)=O)cc1CC(C)C. The third kappa shape index (κ3) is 3.32. The summed E-state index contributed by atoms with van der Waals surface area (Å²) in [6.45, 7) is 6.18. The van der Waals surface area contributed by atoms with Gasteiger partial charge in [0.25, 0.3) is 0 Å². The lowest BCUT2D eigenvalue weighted by Crippen LogP contribution is -2.13. The Morgan fingerprint density at radius 2 is 1.93 bits per heavy atom. The molecule has 0 aliphatic rings. The minimum atomic E-state index is -3.58. The quantitative estimate of drug-likeness (QED) is 0.856. The van der Waals surface area contributed by atoms with E-state index >= 15 is 0 Å². The second kappa shape index (κ2) is 4.33. The molecular formula is C11H17NO2S. The summed E-state index contributed by atoms with van der Waals surface area (Å²) in [5.74, 6) is 0.499. The molecule has 0 heterocycles. The van der Waals surface area contributed by atoms with E-state index in [0.29, 0.717) is 5.92 Å². The zero-order valence-corrected chi connectivity index (χ0v) is 10.1. The molecule has 1 aromatic rings. The zero-order valence-electron chi connectivity index (χ0n) is 9.32. The molecular weight excluding hydrogens is 210 g/mol. The van der Waals surface area contributed by atoms with Gasteiger partial charge < -0.3 is 0 Å². The van der Waals surface area contributed by atoms with Crippen LogP contribution in [0.1, 0.15) is 25.0 Å². The standard InChI is InChI=1S/C11H17NO2S/c1-8(2)6-10-7-11(15(12,13)14)5-4-9(10)3/h4-5,7-8H,6H2,1-3H3,(H2,12,13,14). The summed E-state index contributed by atoms with van der Waals surface area (Å²) in [6, 6.07) is 5.02. The number of sulfonamides is 1. The summed E-state index contributed by atoms with van der Waals surface area (Å²) in [5.41, 5.74) is 2.16. The van der Waals surface area contributed by atoms with E-state index in [4.69, 9.17) is 5.14 Å². The molecule has 0 spiro atoms. The van der Waals surface area contributed by atoms with E-state index < -0.39 is 10.0 Å². The van der Waals surface area contributed by atoms with Crippen molar-refractivity contribution < 1.29 is 8.42 Å². The molecule has 0 unspecified atom stereocenters. The van der Waals surface area contributed by atoms with Crippen molar-refractivity contribution in [2.24, 2.45) is 11.1 Å². The molecule has 0 saturated carbocycles. The van der Waals surface area contributed by atoms with Crippen LogP contribution in [0.4, 0.5) is 0 Å². The lowest BCUT2D eigenvalue weighted by molar-refractivity contribution is 0.597. The first-order chi connectivity index (χ1) is 6.80. The third-order valence-corrected chi connectivity index (χ3v) is 3.19. The van der Waals surface area contributed by atoms with Gasteiger partial charge in [-0.05, 0) is 42.5 Å². The van der Waals surface area contributed by atoms with Crippen molar-refractivity contribution in [3.05, 3.63) is 29.3 Å². The number of nitrogens with two attached hydrogens (primary N) is 1. The highest BCUT2D eigenvalue weighted by molar-refractivity contribution is 7.89. The molecule has 0 aromatic heterocycles. The molecule has 0 aliphatic heterocycles. The van der Waals surface area contributed by atoms with Crippen molar-refractivity contribution in [2.45, 2.75) is 32.1 Å². The van der Waals surface area contributed by atoms with Crippen molar-refractivity contribution in [1.82, 2.24) is 0 Å². The molecule has 2 N–H and O–H groups in total. The number of aryl methyl sites for hydroxylation is 1. The van der Waals surface area contributed by atoms with Gasteiger partial charge in [-0.3, -0.25) is 0 Å². The van der Waals surface area contributed by atoms with E-state index in [-0.39, 0.29) is 4.90 Å². The van der Waals surface area contributed by atoms with Gasteiger partial charge in [0.1, 0.15) is 0 Å². The van der Waals surface area contributed by atoms with Crippen LogP contribution in [0.2, 0.25) is 0 Å². The van der Waals surface area contributed by atoms with Crippen molar-refractivity contribution in [1.29, 1.82) is 0 Å². The first-order valence-electron chi connectivity index (χ1n) is 4.93. The predicted molar refractivity (Wildman–Crippen MR) is 61.1 cm³/mol. The second-order valence-corrected chi connectivity index (χ2v) is 5.79. The van der Waals surface area contributed by atoms with E-state index in [0.717, 1.165) is 17.5 Å². The van der Waals surface area contributed by atoms with E-state index in [9.17, 15) is 8.42 Å². The molecule has 0 aliphatic carbocycles. The highest BCUT2D eigenvalue weighted by Crippen LogP contribution is 2.17. The third-order valence-electron chi connectivity index (χ3n) is 2.28. The molecule has 0 bridgehead atoms.